The molecule has 5 heteroatoms. The van der Waals surface area contributed by atoms with Crippen LogP contribution in [0.1, 0.15) is 49.2 Å². The molecule has 2 aromatic carbocycles. The molecule has 2 N–H and O–H groups in total. The summed E-state index contributed by atoms with van der Waals surface area (Å²) in [6.45, 7) is 7.97. The topological polar surface area (TPSA) is 67.4 Å². The molecule has 1 atom stereocenters. The highest BCUT2D eigenvalue weighted by atomic mass is 16.5. The minimum atomic E-state index is -0.635. The Kier molecular flexibility index (Phi) is 7.61. The highest BCUT2D eigenvalue weighted by Gasteiger charge is 2.26. The second kappa shape index (κ2) is 9.93. The van der Waals surface area contributed by atoms with Crippen molar-refractivity contribution in [2.24, 2.45) is 5.92 Å². The van der Waals surface area contributed by atoms with E-state index in [0.717, 1.165) is 29.7 Å². The summed E-state index contributed by atoms with van der Waals surface area (Å²) in [4.78, 5) is 25.6. The summed E-state index contributed by atoms with van der Waals surface area (Å²) in [5.41, 5.74) is 3.54. The van der Waals surface area contributed by atoms with Crippen molar-refractivity contribution in [3.63, 3.8) is 0 Å². The van der Waals surface area contributed by atoms with Crippen molar-refractivity contribution in [3.05, 3.63) is 59.2 Å². The van der Waals surface area contributed by atoms with Gasteiger partial charge in [-0.05, 0) is 54.2 Å². The SMILES string of the molecule is CCc1cccc(CC)c1NC(=O)[C@@H](NC(=O)c1ccc(OC)cc1)C(C)C. The van der Waals surface area contributed by atoms with E-state index < -0.39 is 6.04 Å². The van der Waals surface area contributed by atoms with Gasteiger partial charge in [0.05, 0.1) is 7.11 Å². The average molecular weight is 383 g/mol. The minimum Gasteiger partial charge on any atom is -0.497 e. The van der Waals surface area contributed by atoms with Gasteiger partial charge in [-0.25, -0.2) is 0 Å². The zero-order valence-electron chi connectivity index (χ0n) is 17.3. The molecule has 0 aliphatic carbocycles. The van der Waals surface area contributed by atoms with Gasteiger partial charge in [-0.1, -0.05) is 45.9 Å². The van der Waals surface area contributed by atoms with E-state index in [-0.39, 0.29) is 17.7 Å². The summed E-state index contributed by atoms with van der Waals surface area (Å²) in [6, 6.07) is 12.2. The minimum absolute atomic E-state index is 0.0546. The van der Waals surface area contributed by atoms with Crippen LogP contribution in [0.15, 0.2) is 42.5 Å². The summed E-state index contributed by atoms with van der Waals surface area (Å²) in [5, 5.41) is 5.94. The Labute approximate surface area is 167 Å². The second-order valence-electron chi connectivity index (χ2n) is 7.07. The van der Waals surface area contributed by atoms with E-state index in [0.29, 0.717) is 11.3 Å². The van der Waals surface area contributed by atoms with Gasteiger partial charge in [0.2, 0.25) is 5.91 Å². The number of hydrogen-bond acceptors (Lipinski definition) is 3. The fourth-order valence-corrected chi connectivity index (χ4v) is 3.11. The smallest absolute Gasteiger partial charge is 0.251 e. The van der Waals surface area contributed by atoms with E-state index in [9.17, 15) is 9.59 Å². The van der Waals surface area contributed by atoms with Crippen LogP contribution in [0, 0.1) is 5.92 Å². The Bertz CT molecular complexity index is 791. The maximum Gasteiger partial charge on any atom is 0.251 e. The van der Waals surface area contributed by atoms with E-state index in [1.165, 1.54) is 0 Å². The predicted molar refractivity (Wildman–Crippen MR) is 113 cm³/mol. The molecule has 0 unspecified atom stereocenters. The van der Waals surface area contributed by atoms with E-state index in [1.54, 1.807) is 31.4 Å². The molecule has 0 saturated carbocycles. The van der Waals surface area contributed by atoms with Gasteiger partial charge in [-0.3, -0.25) is 9.59 Å². The number of carbonyl (C=O) groups is 2. The Balaban J connectivity index is 2.19. The lowest BCUT2D eigenvalue weighted by molar-refractivity contribution is -0.118. The van der Waals surface area contributed by atoms with Gasteiger partial charge in [-0.2, -0.15) is 0 Å². The summed E-state index contributed by atoms with van der Waals surface area (Å²) < 4.78 is 5.12. The van der Waals surface area contributed by atoms with E-state index in [4.69, 9.17) is 4.74 Å². The molecule has 0 fully saturated rings. The summed E-state index contributed by atoms with van der Waals surface area (Å²) >= 11 is 0. The Hall–Kier alpha value is -2.82. The number of rotatable bonds is 8. The van der Waals surface area contributed by atoms with Crippen molar-refractivity contribution in [3.8, 4) is 5.75 Å². The Morgan fingerprint density at radius 3 is 2.00 bits per heavy atom. The molecule has 28 heavy (non-hydrogen) atoms. The molecule has 0 aliphatic heterocycles. The molecular weight excluding hydrogens is 352 g/mol. The zero-order valence-corrected chi connectivity index (χ0v) is 17.3. The van der Waals surface area contributed by atoms with Gasteiger partial charge in [0, 0.05) is 11.3 Å². The lowest BCUT2D eigenvalue weighted by Gasteiger charge is -2.23. The van der Waals surface area contributed by atoms with E-state index in [2.05, 4.69) is 24.5 Å². The molecule has 0 spiro atoms. The molecule has 0 bridgehead atoms. The number of methoxy groups -OCH3 is 1. The number of amides is 2. The maximum absolute atomic E-state index is 13.0. The molecule has 150 valence electrons. The number of para-hydroxylation sites is 1. The van der Waals surface area contributed by atoms with Crippen molar-refractivity contribution < 1.29 is 14.3 Å². The van der Waals surface area contributed by atoms with E-state index >= 15 is 0 Å². The number of carbonyl (C=O) groups excluding carboxylic acids is 2. The maximum atomic E-state index is 13.0. The molecule has 5 nitrogen and oxygen atoms in total. The highest BCUT2D eigenvalue weighted by molar-refractivity contribution is 6.02. The first-order valence-electron chi connectivity index (χ1n) is 9.77. The number of aryl methyl sites for hydroxylation is 2. The number of nitrogens with one attached hydrogen (secondary N) is 2. The standard InChI is InChI=1S/C23H30N2O3/c1-6-16-9-8-10-17(7-2)21(16)25-23(27)20(15(3)4)24-22(26)18-11-13-19(28-5)14-12-18/h8-15,20H,6-7H2,1-5H3,(H,24,26)(H,25,27)/t20-/m0/s1. The molecular formula is C23H30N2O3. The second-order valence-corrected chi connectivity index (χ2v) is 7.07. The van der Waals surface area contributed by atoms with Gasteiger partial charge >= 0.3 is 0 Å². The van der Waals surface area contributed by atoms with Crippen LogP contribution in [0.2, 0.25) is 0 Å². The van der Waals surface area contributed by atoms with Crippen LogP contribution in [0.5, 0.6) is 5.75 Å². The summed E-state index contributed by atoms with van der Waals surface area (Å²) in [7, 11) is 1.58. The largest absolute Gasteiger partial charge is 0.497 e. The van der Waals surface area contributed by atoms with Crippen molar-refractivity contribution in [2.45, 2.75) is 46.6 Å². The van der Waals surface area contributed by atoms with Crippen molar-refractivity contribution in [1.29, 1.82) is 0 Å². The molecule has 2 rings (SSSR count). The predicted octanol–water partition coefficient (Wildman–Crippen LogP) is 4.21. The molecule has 0 heterocycles. The monoisotopic (exact) mass is 382 g/mol. The van der Waals surface area contributed by atoms with Crippen LogP contribution in [-0.2, 0) is 17.6 Å². The number of benzene rings is 2. The Morgan fingerprint density at radius 2 is 1.54 bits per heavy atom. The van der Waals surface area contributed by atoms with Crippen LogP contribution >= 0.6 is 0 Å². The molecule has 0 radical (unpaired) electrons. The molecule has 0 aromatic heterocycles. The van der Waals surface area contributed by atoms with Crippen LogP contribution in [-0.4, -0.2) is 25.0 Å². The number of anilines is 1. The fourth-order valence-electron chi connectivity index (χ4n) is 3.11. The zero-order chi connectivity index (χ0) is 20.7. The molecule has 2 amide bonds. The third-order valence-electron chi connectivity index (χ3n) is 4.83. The molecule has 0 saturated heterocycles. The van der Waals surface area contributed by atoms with Crippen LogP contribution in [0.25, 0.3) is 0 Å². The van der Waals surface area contributed by atoms with Crippen molar-refractivity contribution >= 4 is 17.5 Å². The Morgan fingerprint density at radius 1 is 0.964 bits per heavy atom. The quantitative estimate of drug-likeness (QED) is 0.718. The first-order valence-corrected chi connectivity index (χ1v) is 9.77. The van der Waals surface area contributed by atoms with Crippen LogP contribution in [0.4, 0.5) is 5.69 Å². The lowest BCUT2D eigenvalue weighted by atomic mass is 10.00. The summed E-state index contributed by atoms with van der Waals surface area (Å²) in [5.74, 6) is 0.141. The van der Waals surface area contributed by atoms with Crippen molar-refractivity contribution in [2.75, 3.05) is 12.4 Å². The molecule has 2 aromatic rings. The normalized spacial score (nSPS) is 11.8. The van der Waals surface area contributed by atoms with Crippen LogP contribution in [0.3, 0.4) is 0 Å². The first kappa shape index (κ1) is 21.5. The molecule has 0 aliphatic rings. The fraction of sp³-hybridized carbons (Fsp3) is 0.391. The third kappa shape index (κ3) is 5.12. The number of hydrogen-bond donors (Lipinski definition) is 2. The van der Waals surface area contributed by atoms with Gasteiger partial charge in [0.25, 0.3) is 5.91 Å². The lowest BCUT2D eigenvalue weighted by Crippen LogP contribution is -2.47. The third-order valence-corrected chi connectivity index (χ3v) is 4.83. The van der Waals surface area contributed by atoms with Gasteiger partial charge in [-0.15, -0.1) is 0 Å². The van der Waals surface area contributed by atoms with Gasteiger partial charge in [0.1, 0.15) is 11.8 Å². The van der Waals surface area contributed by atoms with E-state index in [1.807, 2.05) is 32.0 Å². The van der Waals surface area contributed by atoms with Crippen molar-refractivity contribution in [1.82, 2.24) is 5.32 Å². The summed E-state index contributed by atoms with van der Waals surface area (Å²) in [6.07, 6.45) is 1.65. The first-order chi connectivity index (χ1) is 13.4. The van der Waals surface area contributed by atoms with Gasteiger partial charge in [0.15, 0.2) is 0 Å². The highest BCUT2D eigenvalue weighted by Crippen LogP contribution is 2.23. The number of ether oxygens (including phenoxy) is 1. The average Bonchev–Trinajstić information content (AvgIpc) is 2.71. The van der Waals surface area contributed by atoms with Gasteiger partial charge < -0.3 is 15.4 Å². The van der Waals surface area contributed by atoms with Crippen LogP contribution < -0.4 is 15.4 Å².